The van der Waals surface area contributed by atoms with Crippen LogP contribution in [-0.2, 0) is 0 Å². The number of hydrogen-bond acceptors (Lipinski definition) is 1. The summed E-state index contributed by atoms with van der Waals surface area (Å²) in [6, 6.07) is 2.66. The standard InChI is InChI=1S/C12H16N2/c1-4-10(3)14-8-9(2)11-7-13-6-5-12(11)14/h5-8,10H,4H2,1-3H3. The number of hydrogen-bond donors (Lipinski definition) is 0. The molecule has 0 aliphatic rings. The molecule has 2 heterocycles. The number of aryl methyl sites for hydroxylation is 1. The minimum absolute atomic E-state index is 0.564. The van der Waals surface area contributed by atoms with E-state index < -0.39 is 0 Å². The first-order valence-electron chi connectivity index (χ1n) is 5.15. The van der Waals surface area contributed by atoms with E-state index in [2.05, 4.69) is 42.6 Å². The average Bonchev–Trinajstić information content (AvgIpc) is 2.56. The van der Waals surface area contributed by atoms with Gasteiger partial charge in [0.25, 0.3) is 0 Å². The molecule has 0 aromatic carbocycles. The summed E-state index contributed by atoms with van der Waals surface area (Å²) >= 11 is 0. The third kappa shape index (κ3) is 1.31. The van der Waals surface area contributed by atoms with Gasteiger partial charge in [-0.15, -0.1) is 0 Å². The van der Waals surface area contributed by atoms with Crippen LogP contribution in [0.1, 0.15) is 31.9 Å². The highest BCUT2D eigenvalue weighted by Crippen LogP contribution is 2.24. The molecule has 2 aromatic rings. The third-order valence-corrected chi connectivity index (χ3v) is 2.90. The van der Waals surface area contributed by atoms with E-state index in [1.165, 1.54) is 16.5 Å². The van der Waals surface area contributed by atoms with Gasteiger partial charge in [-0.2, -0.15) is 0 Å². The van der Waals surface area contributed by atoms with Crippen LogP contribution in [0.2, 0.25) is 0 Å². The van der Waals surface area contributed by atoms with E-state index in [1.807, 2.05) is 12.4 Å². The molecule has 2 aromatic heterocycles. The molecule has 74 valence electrons. The van der Waals surface area contributed by atoms with Gasteiger partial charge >= 0.3 is 0 Å². The fourth-order valence-electron chi connectivity index (χ4n) is 1.83. The Hall–Kier alpha value is -1.31. The Morgan fingerprint density at radius 3 is 3.00 bits per heavy atom. The molecule has 2 nitrogen and oxygen atoms in total. The van der Waals surface area contributed by atoms with Gasteiger partial charge in [-0.25, -0.2) is 0 Å². The molecule has 0 spiro atoms. The maximum atomic E-state index is 4.16. The van der Waals surface area contributed by atoms with E-state index in [9.17, 15) is 0 Å². The first kappa shape index (κ1) is 9.25. The van der Waals surface area contributed by atoms with Crippen LogP contribution < -0.4 is 0 Å². The Bertz CT molecular complexity index is 443. The van der Waals surface area contributed by atoms with Gasteiger partial charge in [-0.1, -0.05) is 6.92 Å². The average molecular weight is 188 g/mol. The lowest BCUT2D eigenvalue weighted by molar-refractivity contribution is 0.547. The van der Waals surface area contributed by atoms with Crippen molar-refractivity contribution in [2.24, 2.45) is 0 Å². The zero-order chi connectivity index (χ0) is 10.1. The monoisotopic (exact) mass is 188 g/mol. The zero-order valence-corrected chi connectivity index (χ0v) is 8.99. The summed E-state index contributed by atoms with van der Waals surface area (Å²) in [6.07, 6.45) is 7.19. The van der Waals surface area contributed by atoms with Gasteiger partial charge in [-0.05, 0) is 31.9 Å². The summed E-state index contributed by atoms with van der Waals surface area (Å²) in [6.45, 7) is 6.61. The SMILES string of the molecule is CCC(C)n1cc(C)c2cnccc21. The molecule has 0 saturated heterocycles. The molecule has 0 saturated carbocycles. The lowest BCUT2D eigenvalue weighted by Gasteiger charge is -2.12. The summed E-state index contributed by atoms with van der Waals surface area (Å²) in [5, 5.41) is 1.27. The smallest absolute Gasteiger partial charge is 0.0516 e. The summed E-state index contributed by atoms with van der Waals surface area (Å²) < 4.78 is 2.34. The fraction of sp³-hybridized carbons (Fsp3) is 0.417. The van der Waals surface area contributed by atoms with E-state index in [0.29, 0.717) is 6.04 Å². The van der Waals surface area contributed by atoms with Gasteiger partial charge in [0, 0.05) is 30.0 Å². The van der Waals surface area contributed by atoms with Crippen molar-refractivity contribution < 1.29 is 0 Å². The molecule has 1 atom stereocenters. The maximum absolute atomic E-state index is 4.16. The van der Waals surface area contributed by atoms with Crippen LogP contribution in [0.3, 0.4) is 0 Å². The molecule has 0 N–H and O–H groups in total. The molecule has 0 fully saturated rings. The molecule has 0 radical (unpaired) electrons. The third-order valence-electron chi connectivity index (χ3n) is 2.90. The lowest BCUT2D eigenvalue weighted by Crippen LogP contribution is -2.01. The van der Waals surface area contributed by atoms with Gasteiger partial charge in [-0.3, -0.25) is 4.98 Å². The largest absolute Gasteiger partial charge is 0.344 e. The molecule has 14 heavy (non-hydrogen) atoms. The number of pyridine rings is 1. The predicted molar refractivity (Wildman–Crippen MR) is 59.5 cm³/mol. The molecule has 0 aliphatic carbocycles. The topological polar surface area (TPSA) is 17.8 Å². The maximum Gasteiger partial charge on any atom is 0.0516 e. The van der Waals surface area contributed by atoms with Crippen molar-refractivity contribution in [3.05, 3.63) is 30.2 Å². The minimum atomic E-state index is 0.564. The van der Waals surface area contributed by atoms with Crippen molar-refractivity contribution in [3.8, 4) is 0 Å². The zero-order valence-electron chi connectivity index (χ0n) is 8.99. The van der Waals surface area contributed by atoms with Crippen LogP contribution in [0, 0.1) is 6.92 Å². The summed E-state index contributed by atoms with van der Waals surface area (Å²) in [5.74, 6) is 0. The molecule has 0 amide bonds. The van der Waals surface area contributed by atoms with Gasteiger partial charge in [0.15, 0.2) is 0 Å². The summed E-state index contributed by atoms with van der Waals surface area (Å²) in [5.41, 5.74) is 2.61. The Labute approximate surface area is 84.6 Å². The van der Waals surface area contributed by atoms with Crippen LogP contribution >= 0.6 is 0 Å². The highest BCUT2D eigenvalue weighted by atomic mass is 15.0. The van der Waals surface area contributed by atoms with E-state index in [4.69, 9.17) is 0 Å². The number of rotatable bonds is 2. The summed E-state index contributed by atoms with van der Waals surface area (Å²) in [4.78, 5) is 4.16. The minimum Gasteiger partial charge on any atom is -0.344 e. The van der Waals surface area contributed by atoms with Crippen LogP contribution in [0.4, 0.5) is 0 Å². The van der Waals surface area contributed by atoms with E-state index >= 15 is 0 Å². The van der Waals surface area contributed by atoms with Gasteiger partial charge < -0.3 is 4.57 Å². The quantitative estimate of drug-likeness (QED) is 0.707. The Kier molecular flexibility index (Phi) is 2.28. The first-order chi connectivity index (χ1) is 6.74. The van der Waals surface area contributed by atoms with Crippen molar-refractivity contribution >= 4 is 10.9 Å². The van der Waals surface area contributed by atoms with Gasteiger partial charge in [0.05, 0.1) is 5.52 Å². The molecule has 1 unspecified atom stereocenters. The molecular weight excluding hydrogens is 172 g/mol. The van der Waals surface area contributed by atoms with E-state index in [0.717, 1.165) is 6.42 Å². The summed E-state index contributed by atoms with van der Waals surface area (Å²) in [7, 11) is 0. The van der Waals surface area contributed by atoms with Crippen LogP contribution in [0.5, 0.6) is 0 Å². The van der Waals surface area contributed by atoms with Crippen LogP contribution in [0.15, 0.2) is 24.7 Å². The highest BCUT2D eigenvalue weighted by molar-refractivity contribution is 5.82. The van der Waals surface area contributed by atoms with E-state index in [1.54, 1.807) is 0 Å². The second-order valence-electron chi connectivity index (χ2n) is 3.87. The van der Waals surface area contributed by atoms with Crippen molar-refractivity contribution in [2.75, 3.05) is 0 Å². The highest BCUT2D eigenvalue weighted by Gasteiger charge is 2.08. The fourth-order valence-corrected chi connectivity index (χ4v) is 1.83. The van der Waals surface area contributed by atoms with Crippen molar-refractivity contribution in [2.45, 2.75) is 33.2 Å². The molecule has 2 rings (SSSR count). The Morgan fingerprint density at radius 1 is 1.50 bits per heavy atom. The van der Waals surface area contributed by atoms with Crippen molar-refractivity contribution in [1.82, 2.24) is 9.55 Å². The second-order valence-corrected chi connectivity index (χ2v) is 3.87. The predicted octanol–water partition coefficient (Wildman–Crippen LogP) is 3.32. The van der Waals surface area contributed by atoms with Gasteiger partial charge in [0.1, 0.15) is 0 Å². The van der Waals surface area contributed by atoms with Crippen molar-refractivity contribution in [3.63, 3.8) is 0 Å². The Balaban J connectivity index is 2.66. The second kappa shape index (κ2) is 3.45. The lowest BCUT2D eigenvalue weighted by atomic mass is 10.2. The molecular formula is C12H16N2. The molecule has 2 heteroatoms. The molecule has 0 aliphatic heterocycles. The Morgan fingerprint density at radius 2 is 2.29 bits per heavy atom. The van der Waals surface area contributed by atoms with Crippen LogP contribution in [0.25, 0.3) is 10.9 Å². The first-order valence-corrected chi connectivity index (χ1v) is 5.15. The number of aromatic nitrogens is 2. The van der Waals surface area contributed by atoms with E-state index in [-0.39, 0.29) is 0 Å². The molecule has 0 bridgehead atoms. The number of fused-ring (bicyclic) bond motifs is 1. The van der Waals surface area contributed by atoms with Crippen LogP contribution in [-0.4, -0.2) is 9.55 Å². The van der Waals surface area contributed by atoms with Crippen molar-refractivity contribution in [1.29, 1.82) is 0 Å². The normalized spacial score (nSPS) is 13.4. The number of nitrogens with zero attached hydrogens (tertiary/aromatic N) is 2. The van der Waals surface area contributed by atoms with Gasteiger partial charge in [0.2, 0.25) is 0 Å².